The van der Waals surface area contributed by atoms with Crippen LogP contribution in [-0.4, -0.2) is 15.1 Å². The SMILES string of the molecule is Oc1ccccc1Nc1ncnc2ccccc12. The van der Waals surface area contributed by atoms with Gasteiger partial charge < -0.3 is 10.4 Å². The number of anilines is 2. The van der Waals surface area contributed by atoms with Gasteiger partial charge in [0.05, 0.1) is 11.2 Å². The Bertz CT molecular complexity index is 692. The van der Waals surface area contributed by atoms with Gasteiger partial charge in [-0.25, -0.2) is 9.97 Å². The third-order valence-corrected chi connectivity index (χ3v) is 2.70. The molecule has 0 aliphatic heterocycles. The van der Waals surface area contributed by atoms with Gasteiger partial charge in [-0.05, 0) is 24.3 Å². The summed E-state index contributed by atoms with van der Waals surface area (Å²) < 4.78 is 0. The fourth-order valence-electron chi connectivity index (χ4n) is 1.81. The van der Waals surface area contributed by atoms with E-state index in [-0.39, 0.29) is 5.75 Å². The highest BCUT2D eigenvalue weighted by atomic mass is 16.3. The van der Waals surface area contributed by atoms with E-state index in [4.69, 9.17) is 0 Å². The number of benzene rings is 2. The summed E-state index contributed by atoms with van der Waals surface area (Å²) in [6, 6.07) is 14.8. The Morgan fingerprint density at radius 3 is 2.56 bits per heavy atom. The van der Waals surface area contributed by atoms with E-state index in [1.165, 1.54) is 6.33 Å². The number of hydrogen-bond acceptors (Lipinski definition) is 4. The molecular formula is C14H11N3O. The van der Waals surface area contributed by atoms with Crippen molar-refractivity contribution in [2.24, 2.45) is 0 Å². The molecule has 0 bridgehead atoms. The average Bonchev–Trinajstić information content (AvgIpc) is 2.42. The molecule has 1 heterocycles. The Balaban J connectivity index is 2.08. The van der Waals surface area contributed by atoms with Crippen molar-refractivity contribution in [3.8, 4) is 5.75 Å². The number of para-hydroxylation sites is 3. The third kappa shape index (κ3) is 1.84. The van der Waals surface area contributed by atoms with Crippen molar-refractivity contribution >= 4 is 22.4 Å². The molecule has 0 radical (unpaired) electrons. The van der Waals surface area contributed by atoms with Gasteiger partial charge in [0.1, 0.15) is 17.9 Å². The number of fused-ring (bicyclic) bond motifs is 1. The second-order valence-corrected chi connectivity index (χ2v) is 3.88. The summed E-state index contributed by atoms with van der Waals surface area (Å²) in [5, 5.41) is 13.8. The molecule has 0 spiro atoms. The molecule has 0 aliphatic carbocycles. The number of aromatic hydroxyl groups is 1. The number of hydrogen-bond donors (Lipinski definition) is 2. The Labute approximate surface area is 104 Å². The van der Waals surface area contributed by atoms with Crippen LogP contribution in [0.1, 0.15) is 0 Å². The fourth-order valence-corrected chi connectivity index (χ4v) is 1.81. The van der Waals surface area contributed by atoms with E-state index < -0.39 is 0 Å². The number of nitrogens with zero attached hydrogens (tertiary/aromatic N) is 2. The summed E-state index contributed by atoms with van der Waals surface area (Å²) >= 11 is 0. The summed E-state index contributed by atoms with van der Waals surface area (Å²) in [5.41, 5.74) is 1.49. The molecule has 0 amide bonds. The van der Waals surface area contributed by atoms with Crippen molar-refractivity contribution in [1.29, 1.82) is 0 Å². The molecule has 1 aromatic heterocycles. The lowest BCUT2D eigenvalue weighted by molar-refractivity contribution is 0.478. The van der Waals surface area contributed by atoms with Gasteiger partial charge in [-0.3, -0.25) is 0 Å². The summed E-state index contributed by atoms with van der Waals surface area (Å²) in [6.45, 7) is 0. The number of rotatable bonds is 2. The molecule has 4 heteroatoms. The minimum absolute atomic E-state index is 0.195. The van der Waals surface area contributed by atoms with Crippen LogP contribution in [0, 0.1) is 0 Å². The topological polar surface area (TPSA) is 58.0 Å². The highest BCUT2D eigenvalue weighted by Gasteiger charge is 2.05. The molecule has 4 nitrogen and oxygen atoms in total. The number of aromatic nitrogens is 2. The van der Waals surface area contributed by atoms with Gasteiger partial charge in [0, 0.05) is 5.39 Å². The van der Waals surface area contributed by atoms with Gasteiger partial charge in [-0.1, -0.05) is 24.3 Å². The lowest BCUT2D eigenvalue weighted by atomic mass is 10.2. The maximum absolute atomic E-state index is 9.74. The second-order valence-electron chi connectivity index (χ2n) is 3.88. The van der Waals surface area contributed by atoms with E-state index in [1.54, 1.807) is 18.2 Å². The predicted octanol–water partition coefficient (Wildman–Crippen LogP) is 3.08. The zero-order valence-electron chi connectivity index (χ0n) is 9.54. The summed E-state index contributed by atoms with van der Waals surface area (Å²) in [5.74, 6) is 0.877. The zero-order valence-corrected chi connectivity index (χ0v) is 9.54. The van der Waals surface area contributed by atoms with Gasteiger partial charge in [0.25, 0.3) is 0 Å². The summed E-state index contributed by atoms with van der Waals surface area (Å²) in [4.78, 5) is 8.40. The minimum Gasteiger partial charge on any atom is -0.506 e. The molecule has 2 N–H and O–H groups in total. The predicted molar refractivity (Wildman–Crippen MR) is 70.9 cm³/mol. The van der Waals surface area contributed by atoms with Crippen LogP contribution in [0.2, 0.25) is 0 Å². The van der Waals surface area contributed by atoms with Crippen molar-refractivity contribution in [3.05, 3.63) is 54.9 Å². The van der Waals surface area contributed by atoms with Crippen LogP contribution in [0.4, 0.5) is 11.5 Å². The van der Waals surface area contributed by atoms with Crippen molar-refractivity contribution in [2.75, 3.05) is 5.32 Å². The molecule has 0 saturated carbocycles. The molecule has 0 fully saturated rings. The molecule has 18 heavy (non-hydrogen) atoms. The first-order valence-corrected chi connectivity index (χ1v) is 5.59. The molecule has 0 atom stereocenters. The Kier molecular flexibility index (Phi) is 2.53. The zero-order chi connectivity index (χ0) is 12.4. The first-order chi connectivity index (χ1) is 8.84. The van der Waals surface area contributed by atoms with E-state index >= 15 is 0 Å². The lowest BCUT2D eigenvalue weighted by Gasteiger charge is -2.09. The number of phenols is 1. The largest absolute Gasteiger partial charge is 0.506 e. The minimum atomic E-state index is 0.195. The van der Waals surface area contributed by atoms with Crippen molar-refractivity contribution < 1.29 is 5.11 Å². The van der Waals surface area contributed by atoms with Gasteiger partial charge >= 0.3 is 0 Å². The van der Waals surface area contributed by atoms with E-state index in [0.717, 1.165) is 10.9 Å². The Hall–Kier alpha value is -2.62. The van der Waals surface area contributed by atoms with Crippen LogP contribution in [0.5, 0.6) is 5.75 Å². The van der Waals surface area contributed by atoms with Gasteiger partial charge in [-0.2, -0.15) is 0 Å². The van der Waals surface area contributed by atoms with Crippen LogP contribution in [0.15, 0.2) is 54.9 Å². The van der Waals surface area contributed by atoms with Crippen molar-refractivity contribution in [2.45, 2.75) is 0 Å². The van der Waals surface area contributed by atoms with E-state index in [0.29, 0.717) is 11.5 Å². The molecular weight excluding hydrogens is 226 g/mol. The normalized spacial score (nSPS) is 10.4. The van der Waals surface area contributed by atoms with Crippen LogP contribution in [0.3, 0.4) is 0 Å². The monoisotopic (exact) mass is 237 g/mol. The molecule has 2 aromatic carbocycles. The quantitative estimate of drug-likeness (QED) is 0.672. The maximum atomic E-state index is 9.74. The molecule has 3 rings (SSSR count). The highest BCUT2D eigenvalue weighted by molar-refractivity contribution is 5.90. The van der Waals surface area contributed by atoms with Gasteiger partial charge in [0.2, 0.25) is 0 Å². The van der Waals surface area contributed by atoms with Crippen LogP contribution >= 0.6 is 0 Å². The molecule has 88 valence electrons. The van der Waals surface area contributed by atoms with Crippen molar-refractivity contribution in [3.63, 3.8) is 0 Å². The standard InChI is InChI=1S/C14H11N3O/c18-13-8-4-3-7-12(13)17-14-10-5-1-2-6-11(10)15-9-16-14/h1-9,18H,(H,15,16,17). The highest BCUT2D eigenvalue weighted by Crippen LogP contribution is 2.27. The molecule has 3 aromatic rings. The number of nitrogens with one attached hydrogen (secondary N) is 1. The number of phenolic OH excluding ortho intramolecular Hbond substituents is 1. The summed E-state index contributed by atoms with van der Waals surface area (Å²) in [6.07, 6.45) is 1.50. The lowest BCUT2D eigenvalue weighted by Crippen LogP contribution is -1.95. The van der Waals surface area contributed by atoms with Crippen LogP contribution in [0.25, 0.3) is 10.9 Å². The molecule has 0 aliphatic rings. The summed E-state index contributed by atoms with van der Waals surface area (Å²) in [7, 11) is 0. The van der Waals surface area contributed by atoms with E-state index in [2.05, 4.69) is 15.3 Å². The Morgan fingerprint density at radius 1 is 0.889 bits per heavy atom. The smallest absolute Gasteiger partial charge is 0.141 e. The first kappa shape index (κ1) is 10.5. The van der Waals surface area contributed by atoms with Crippen molar-refractivity contribution in [1.82, 2.24) is 9.97 Å². The van der Waals surface area contributed by atoms with E-state index in [9.17, 15) is 5.11 Å². The van der Waals surface area contributed by atoms with Crippen LogP contribution in [-0.2, 0) is 0 Å². The maximum Gasteiger partial charge on any atom is 0.141 e. The third-order valence-electron chi connectivity index (χ3n) is 2.70. The second kappa shape index (κ2) is 4.33. The Morgan fingerprint density at radius 2 is 1.67 bits per heavy atom. The van der Waals surface area contributed by atoms with Gasteiger partial charge in [0.15, 0.2) is 0 Å². The fraction of sp³-hybridized carbons (Fsp3) is 0. The van der Waals surface area contributed by atoms with E-state index in [1.807, 2.05) is 30.3 Å². The average molecular weight is 237 g/mol. The first-order valence-electron chi connectivity index (χ1n) is 5.59. The van der Waals surface area contributed by atoms with Crippen LogP contribution < -0.4 is 5.32 Å². The molecule has 0 unspecified atom stereocenters. The van der Waals surface area contributed by atoms with Gasteiger partial charge in [-0.15, -0.1) is 0 Å². The molecule has 0 saturated heterocycles.